The Bertz CT molecular complexity index is 1100. The Morgan fingerprint density at radius 3 is 2.42 bits per heavy atom. The van der Waals surface area contributed by atoms with Gasteiger partial charge in [0, 0.05) is 43.6 Å². The number of fused-ring (bicyclic) bond motifs is 1. The maximum Gasteiger partial charge on any atom is 0.322 e. The van der Waals surface area contributed by atoms with Crippen molar-refractivity contribution < 1.29 is 14.3 Å². The fourth-order valence-corrected chi connectivity index (χ4v) is 4.37. The molecule has 2 aromatic rings. The van der Waals surface area contributed by atoms with Gasteiger partial charge in [-0.15, -0.1) is 0 Å². The molecule has 158 valence electrons. The van der Waals surface area contributed by atoms with Crippen LogP contribution in [0.3, 0.4) is 0 Å². The van der Waals surface area contributed by atoms with Gasteiger partial charge in [0.1, 0.15) is 6.07 Å². The van der Waals surface area contributed by atoms with Gasteiger partial charge in [0.25, 0.3) is 5.91 Å². The number of carbonyl (C=O) groups excluding carboxylic acids is 2. The van der Waals surface area contributed by atoms with Crippen LogP contribution in [0.1, 0.15) is 51.6 Å². The Morgan fingerprint density at radius 1 is 1.10 bits per heavy atom. The number of anilines is 1. The van der Waals surface area contributed by atoms with Gasteiger partial charge in [0.05, 0.1) is 35.0 Å². The van der Waals surface area contributed by atoms with Crippen molar-refractivity contribution in [3.63, 3.8) is 0 Å². The predicted octanol–water partition coefficient (Wildman–Crippen LogP) is 2.27. The summed E-state index contributed by atoms with van der Waals surface area (Å²) < 4.78 is 7.45. The smallest absolute Gasteiger partial charge is 0.322 e. The van der Waals surface area contributed by atoms with Crippen LogP contribution in [0, 0.1) is 22.7 Å². The minimum Gasteiger partial charge on any atom is -0.381 e. The first-order valence-corrected chi connectivity index (χ1v) is 10.1. The number of nitrogens with zero attached hydrogens (tertiary/aromatic N) is 4. The van der Waals surface area contributed by atoms with E-state index in [1.54, 1.807) is 29.2 Å². The van der Waals surface area contributed by atoms with Gasteiger partial charge in [-0.05, 0) is 37.1 Å². The monoisotopic (exact) mass is 418 g/mol. The maximum absolute atomic E-state index is 12.8. The van der Waals surface area contributed by atoms with Gasteiger partial charge < -0.3 is 25.3 Å². The molecule has 9 heteroatoms. The van der Waals surface area contributed by atoms with Gasteiger partial charge in [0.2, 0.25) is 0 Å². The van der Waals surface area contributed by atoms with Crippen LogP contribution in [0.2, 0.25) is 0 Å². The standard InChI is InChI=1S/C22H22N6O3/c23-11-14-1-3-16(4-2-14)26-22(30)27-7-8-28-18(13-27)19(21(25)29)17(12-24)20(28)15-5-9-31-10-6-15/h1-4,15H,5-10,13H2,(H2,25,29)(H,26,30). The van der Waals surface area contributed by atoms with Crippen molar-refractivity contribution in [3.8, 4) is 12.1 Å². The number of primary amides is 1. The maximum atomic E-state index is 12.8. The summed E-state index contributed by atoms with van der Waals surface area (Å²) in [4.78, 5) is 26.7. The van der Waals surface area contributed by atoms with E-state index < -0.39 is 5.91 Å². The minimum absolute atomic E-state index is 0.120. The highest BCUT2D eigenvalue weighted by atomic mass is 16.5. The zero-order valence-electron chi connectivity index (χ0n) is 16.9. The Morgan fingerprint density at radius 2 is 1.81 bits per heavy atom. The van der Waals surface area contributed by atoms with Crippen molar-refractivity contribution in [3.05, 3.63) is 52.3 Å². The van der Waals surface area contributed by atoms with Crippen LogP contribution in [0.4, 0.5) is 10.5 Å². The molecule has 2 aliphatic heterocycles. The van der Waals surface area contributed by atoms with Crippen LogP contribution in [-0.2, 0) is 17.8 Å². The Kier molecular flexibility index (Phi) is 5.61. The average molecular weight is 418 g/mol. The molecule has 3 heterocycles. The van der Waals surface area contributed by atoms with Gasteiger partial charge >= 0.3 is 6.03 Å². The molecule has 4 rings (SSSR count). The third-order valence-corrected chi connectivity index (χ3v) is 5.86. The van der Waals surface area contributed by atoms with E-state index in [4.69, 9.17) is 15.7 Å². The lowest BCUT2D eigenvalue weighted by Crippen LogP contribution is -2.41. The van der Waals surface area contributed by atoms with Crippen molar-refractivity contribution in [2.24, 2.45) is 5.73 Å². The number of ether oxygens (including phenoxy) is 1. The highest BCUT2D eigenvalue weighted by Gasteiger charge is 2.34. The third kappa shape index (κ3) is 3.83. The number of carbonyl (C=O) groups is 2. The van der Waals surface area contributed by atoms with E-state index in [2.05, 4.69) is 11.4 Å². The molecule has 1 aromatic heterocycles. The second-order valence-electron chi connectivity index (χ2n) is 7.64. The summed E-state index contributed by atoms with van der Waals surface area (Å²) in [6.45, 7) is 2.31. The molecule has 0 unspecified atom stereocenters. The predicted molar refractivity (Wildman–Crippen MR) is 111 cm³/mol. The summed E-state index contributed by atoms with van der Waals surface area (Å²) in [6, 6.07) is 10.5. The number of urea groups is 1. The first-order chi connectivity index (χ1) is 15.0. The molecule has 0 atom stereocenters. The molecule has 0 bridgehead atoms. The van der Waals surface area contributed by atoms with Gasteiger partial charge in [-0.2, -0.15) is 10.5 Å². The topological polar surface area (TPSA) is 137 Å². The fraction of sp³-hybridized carbons (Fsp3) is 0.364. The first kappa shape index (κ1) is 20.5. The fourth-order valence-electron chi connectivity index (χ4n) is 4.37. The second kappa shape index (κ2) is 8.50. The van der Waals surface area contributed by atoms with Crippen LogP contribution >= 0.6 is 0 Å². The number of nitrogens with one attached hydrogen (secondary N) is 1. The Balaban J connectivity index is 1.62. The van der Waals surface area contributed by atoms with Crippen molar-refractivity contribution in [2.45, 2.75) is 31.8 Å². The van der Waals surface area contributed by atoms with Crippen molar-refractivity contribution in [2.75, 3.05) is 25.1 Å². The van der Waals surface area contributed by atoms with E-state index in [-0.39, 0.29) is 24.1 Å². The summed E-state index contributed by atoms with van der Waals surface area (Å²) in [6.07, 6.45) is 1.55. The average Bonchev–Trinajstić information content (AvgIpc) is 3.14. The highest BCUT2D eigenvalue weighted by Crippen LogP contribution is 2.36. The van der Waals surface area contributed by atoms with Gasteiger partial charge in [0.15, 0.2) is 0 Å². The zero-order chi connectivity index (χ0) is 22.0. The number of benzene rings is 1. The van der Waals surface area contributed by atoms with Gasteiger partial charge in [-0.25, -0.2) is 4.79 Å². The molecule has 0 aliphatic carbocycles. The largest absolute Gasteiger partial charge is 0.381 e. The molecule has 2 aliphatic rings. The van der Waals surface area contributed by atoms with E-state index in [0.29, 0.717) is 48.8 Å². The number of nitrogens with two attached hydrogens (primary N) is 1. The molecule has 1 saturated heterocycles. The molecule has 0 saturated carbocycles. The second-order valence-corrected chi connectivity index (χ2v) is 7.64. The van der Waals surface area contributed by atoms with Crippen LogP contribution in [0.15, 0.2) is 24.3 Å². The summed E-state index contributed by atoms with van der Waals surface area (Å²) in [7, 11) is 0. The summed E-state index contributed by atoms with van der Waals surface area (Å²) >= 11 is 0. The molecule has 0 radical (unpaired) electrons. The molecule has 9 nitrogen and oxygen atoms in total. The van der Waals surface area contributed by atoms with Crippen LogP contribution < -0.4 is 11.1 Å². The number of aromatic nitrogens is 1. The Labute approximate surface area is 179 Å². The summed E-state index contributed by atoms with van der Waals surface area (Å²) in [5.74, 6) is -0.540. The van der Waals surface area contributed by atoms with E-state index in [1.807, 2.05) is 10.6 Å². The van der Waals surface area contributed by atoms with E-state index in [1.165, 1.54) is 0 Å². The minimum atomic E-state index is -0.659. The van der Waals surface area contributed by atoms with Crippen molar-refractivity contribution in [1.82, 2.24) is 9.47 Å². The van der Waals surface area contributed by atoms with Gasteiger partial charge in [-0.3, -0.25) is 4.79 Å². The molecule has 0 spiro atoms. The quantitative estimate of drug-likeness (QED) is 0.788. The lowest BCUT2D eigenvalue weighted by Gasteiger charge is -2.32. The summed E-state index contributed by atoms with van der Waals surface area (Å²) in [5.41, 5.74) is 8.70. The third-order valence-electron chi connectivity index (χ3n) is 5.86. The molecule has 1 fully saturated rings. The Hall–Kier alpha value is -3.82. The zero-order valence-corrected chi connectivity index (χ0v) is 16.9. The number of amides is 3. The molecule has 31 heavy (non-hydrogen) atoms. The number of rotatable bonds is 3. The van der Waals surface area contributed by atoms with Crippen LogP contribution in [0.5, 0.6) is 0 Å². The van der Waals surface area contributed by atoms with Crippen molar-refractivity contribution in [1.29, 1.82) is 10.5 Å². The number of nitriles is 2. The molecular weight excluding hydrogens is 396 g/mol. The van der Waals surface area contributed by atoms with Crippen LogP contribution in [-0.4, -0.2) is 41.2 Å². The van der Waals surface area contributed by atoms with E-state index in [9.17, 15) is 14.9 Å². The first-order valence-electron chi connectivity index (χ1n) is 10.1. The molecule has 1 aromatic carbocycles. The number of hydrogen-bond acceptors (Lipinski definition) is 5. The normalized spacial score (nSPS) is 16.1. The SMILES string of the molecule is N#Cc1ccc(NC(=O)N2CCn3c(c(C(N)=O)c(C#N)c3C3CCOCC3)C2)cc1. The lowest BCUT2D eigenvalue weighted by atomic mass is 9.92. The van der Waals surface area contributed by atoms with Crippen molar-refractivity contribution >= 4 is 17.6 Å². The van der Waals surface area contributed by atoms with E-state index in [0.717, 1.165) is 18.5 Å². The molecule has 3 N–H and O–H groups in total. The number of hydrogen-bond donors (Lipinski definition) is 2. The van der Waals surface area contributed by atoms with E-state index >= 15 is 0 Å². The molecular formula is C22H22N6O3. The lowest BCUT2D eigenvalue weighted by molar-refractivity contribution is 0.0832. The highest BCUT2D eigenvalue weighted by molar-refractivity contribution is 5.98. The van der Waals surface area contributed by atoms with Crippen LogP contribution in [0.25, 0.3) is 0 Å². The van der Waals surface area contributed by atoms with Gasteiger partial charge in [-0.1, -0.05) is 0 Å². The summed E-state index contributed by atoms with van der Waals surface area (Å²) in [5, 5.41) is 21.5. The molecule has 3 amide bonds.